The van der Waals surface area contributed by atoms with Crippen molar-refractivity contribution in [1.82, 2.24) is 19.4 Å². The number of halogens is 1. The van der Waals surface area contributed by atoms with Gasteiger partial charge in [-0.1, -0.05) is 29.1 Å². The standard InChI is InChI=1S/C22H27ClN4O5S/c1-2-18-20(33-25-24-18)21(29)27-8-11-32-22(14-27,13-19(28)26-6-9-30-10-7-26)15-31-17-5-3-4-16(23)12-17/h3-5,12H,2,6-11,13-15H2,1H3/t22-/m1/s1. The number of carbonyl (C=O) groups is 2. The molecule has 2 aliphatic rings. The van der Waals surface area contributed by atoms with Crippen LogP contribution in [0.1, 0.15) is 28.7 Å². The highest BCUT2D eigenvalue weighted by Gasteiger charge is 2.43. The van der Waals surface area contributed by atoms with Gasteiger partial charge in [-0.05, 0) is 36.2 Å². The van der Waals surface area contributed by atoms with Gasteiger partial charge in [0.15, 0.2) is 0 Å². The summed E-state index contributed by atoms with van der Waals surface area (Å²) >= 11 is 7.19. The second kappa shape index (κ2) is 10.8. The maximum atomic E-state index is 13.3. The summed E-state index contributed by atoms with van der Waals surface area (Å²) in [5.74, 6) is 0.389. The van der Waals surface area contributed by atoms with Gasteiger partial charge in [-0.2, -0.15) is 0 Å². The van der Waals surface area contributed by atoms with E-state index in [1.807, 2.05) is 6.92 Å². The fraction of sp³-hybridized carbons (Fsp3) is 0.545. The van der Waals surface area contributed by atoms with E-state index in [0.29, 0.717) is 67.2 Å². The molecule has 0 saturated carbocycles. The Morgan fingerprint density at radius 1 is 1.21 bits per heavy atom. The van der Waals surface area contributed by atoms with Gasteiger partial charge in [-0.15, -0.1) is 5.10 Å². The lowest BCUT2D eigenvalue weighted by Gasteiger charge is -2.43. The number of morpholine rings is 2. The molecule has 0 aliphatic carbocycles. The molecule has 0 bridgehead atoms. The van der Waals surface area contributed by atoms with Crippen molar-refractivity contribution in [3.8, 4) is 5.75 Å². The van der Waals surface area contributed by atoms with Crippen LogP contribution in [0.25, 0.3) is 0 Å². The molecule has 11 heteroatoms. The zero-order chi connectivity index (χ0) is 23.3. The molecular formula is C22H27ClN4O5S. The van der Waals surface area contributed by atoms with Crippen LogP contribution in [0.5, 0.6) is 5.75 Å². The van der Waals surface area contributed by atoms with Gasteiger partial charge in [0, 0.05) is 24.7 Å². The maximum Gasteiger partial charge on any atom is 0.267 e. The van der Waals surface area contributed by atoms with E-state index in [4.69, 9.17) is 25.8 Å². The number of ether oxygens (including phenoxy) is 3. The molecule has 9 nitrogen and oxygen atoms in total. The summed E-state index contributed by atoms with van der Waals surface area (Å²) in [6.07, 6.45) is 0.722. The monoisotopic (exact) mass is 494 g/mol. The number of hydrogen-bond donors (Lipinski definition) is 0. The van der Waals surface area contributed by atoms with E-state index in [-0.39, 0.29) is 31.4 Å². The molecule has 0 unspecified atom stereocenters. The summed E-state index contributed by atoms with van der Waals surface area (Å²) in [5.41, 5.74) is -0.308. The Morgan fingerprint density at radius 3 is 2.76 bits per heavy atom. The fourth-order valence-electron chi connectivity index (χ4n) is 3.98. The average molecular weight is 495 g/mol. The van der Waals surface area contributed by atoms with Gasteiger partial charge >= 0.3 is 0 Å². The predicted molar refractivity (Wildman–Crippen MR) is 123 cm³/mol. The second-order valence-electron chi connectivity index (χ2n) is 8.08. The molecule has 1 atom stereocenters. The summed E-state index contributed by atoms with van der Waals surface area (Å²) in [6, 6.07) is 7.06. The second-order valence-corrected chi connectivity index (χ2v) is 9.27. The van der Waals surface area contributed by atoms with Crippen molar-refractivity contribution in [2.45, 2.75) is 25.4 Å². The number of aromatic nitrogens is 2. The van der Waals surface area contributed by atoms with Crippen molar-refractivity contribution in [1.29, 1.82) is 0 Å². The van der Waals surface area contributed by atoms with E-state index < -0.39 is 5.60 Å². The van der Waals surface area contributed by atoms with Gasteiger partial charge in [0.25, 0.3) is 5.91 Å². The fourth-order valence-corrected chi connectivity index (χ4v) is 4.88. The molecular weight excluding hydrogens is 468 g/mol. The van der Waals surface area contributed by atoms with Crippen LogP contribution in [0, 0.1) is 0 Å². The third-order valence-electron chi connectivity index (χ3n) is 5.76. The van der Waals surface area contributed by atoms with E-state index in [0.717, 1.165) is 11.5 Å². The summed E-state index contributed by atoms with van der Waals surface area (Å²) < 4.78 is 21.5. The molecule has 2 aliphatic heterocycles. The molecule has 1 aromatic carbocycles. The van der Waals surface area contributed by atoms with Crippen LogP contribution >= 0.6 is 23.1 Å². The van der Waals surface area contributed by atoms with Crippen LogP contribution in [0.3, 0.4) is 0 Å². The van der Waals surface area contributed by atoms with E-state index in [1.165, 1.54) is 0 Å². The molecule has 2 saturated heterocycles. The van der Waals surface area contributed by atoms with Crippen molar-refractivity contribution in [2.24, 2.45) is 0 Å². The number of aryl methyl sites for hydroxylation is 1. The Bertz CT molecular complexity index is 983. The van der Waals surface area contributed by atoms with Gasteiger partial charge < -0.3 is 24.0 Å². The molecule has 0 radical (unpaired) electrons. The van der Waals surface area contributed by atoms with Gasteiger partial charge in [-0.3, -0.25) is 9.59 Å². The quantitative estimate of drug-likeness (QED) is 0.583. The third-order valence-corrected chi connectivity index (χ3v) is 6.75. The van der Waals surface area contributed by atoms with Gasteiger partial charge in [0.05, 0.1) is 38.5 Å². The first-order valence-electron chi connectivity index (χ1n) is 11.0. The lowest BCUT2D eigenvalue weighted by atomic mass is 9.96. The molecule has 178 valence electrons. The maximum absolute atomic E-state index is 13.3. The van der Waals surface area contributed by atoms with Gasteiger partial charge in [0.2, 0.25) is 5.91 Å². The molecule has 2 amide bonds. The number of rotatable bonds is 7. The Kier molecular flexibility index (Phi) is 7.79. The number of nitrogens with zero attached hydrogens (tertiary/aromatic N) is 4. The molecule has 4 rings (SSSR count). The van der Waals surface area contributed by atoms with E-state index >= 15 is 0 Å². The van der Waals surface area contributed by atoms with Crippen LogP contribution < -0.4 is 4.74 Å². The van der Waals surface area contributed by atoms with Gasteiger partial charge in [-0.25, -0.2) is 0 Å². The topological polar surface area (TPSA) is 94.1 Å². The molecule has 0 N–H and O–H groups in total. The predicted octanol–water partition coefficient (Wildman–Crippen LogP) is 2.29. The van der Waals surface area contributed by atoms with Crippen molar-refractivity contribution in [3.05, 3.63) is 39.9 Å². The minimum absolute atomic E-state index is 0.0454. The first-order chi connectivity index (χ1) is 16.0. The van der Waals surface area contributed by atoms with Crippen LogP contribution in [0.2, 0.25) is 5.02 Å². The molecule has 1 aromatic heterocycles. The smallest absolute Gasteiger partial charge is 0.267 e. The van der Waals surface area contributed by atoms with Gasteiger partial charge in [0.1, 0.15) is 22.8 Å². The zero-order valence-electron chi connectivity index (χ0n) is 18.5. The van der Waals surface area contributed by atoms with Crippen molar-refractivity contribution < 1.29 is 23.8 Å². The number of benzene rings is 1. The zero-order valence-corrected chi connectivity index (χ0v) is 20.1. The highest BCUT2D eigenvalue weighted by molar-refractivity contribution is 7.08. The van der Waals surface area contributed by atoms with Crippen LogP contribution in [0.15, 0.2) is 24.3 Å². The molecule has 2 aromatic rings. The molecule has 33 heavy (non-hydrogen) atoms. The Labute approximate surface area is 201 Å². The number of carbonyl (C=O) groups excluding carboxylic acids is 2. The van der Waals surface area contributed by atoms with Crippen LogP contribution in [-0.2, 0) is 20.7 Å². The summed E-state index contributed by atoms with van der Waals surface area (Å²) in [7, 11) is 0. The molecule has 0 spiro atoms. The summed E-state index contributed by atoms with van der Waals surface area (Å²) in [5, 5.41) is 4.61. The lowest BCUT2D eigenvalue weighted by Crippen LogP contribution is -2.58. The minimum atomic E-state index is -0.990. The molecule has 3 heterocycles. The van der Waals surface area contributed by atoms with Crippen LogP contribution in [-0.4, -0.2) is 89.4 Å². The van der Waals surface area contributed by atoms with Crippen LogP contribution in [0.4, 0.5) is 0 Å². The lowest BCUT2D eigenvalue weighted by molar-refractivity contribution is -0.155. The normalized spacial score (nSPS) is 21.2. The average Bonchev–Trinajstić information content (AvgIpc) is 3.32. The van der Waals surface area contributed by atoms with Crippen molar-refractivity contribution in [2.75, 3.05) is 52.6 Å². The van der Waals surface area contributed by atoms with Crippen molar-refractivity contribution in [3.63, 3.8) is 0 Å². The van der Waals surface area contributed by atoms with Crippen molar-refractivity contribution >= 4 is 34.9 Å². The first kappa shape index (κ1) is 23.9. The van der Waals surface area contributed by atoms with E-state index in [2.05, 4.69) is 9.59 Å². The Hall–Kier alpha value is -2.27. The first-order valence-corrected chi connectivity index (χ1v) is 12.1. The summed E-state index contributed by atoms with van der Waals surface area (Å²) in [4.78, 5) is 30.4. The number of amides is 2. The van der Waals surface area contributed by atoms with E-state index in [9.17, 15) is 9.59 Å². The minimum Gasteiger partial charge on any atom is -0.490 e. The Balaban J connectivity index is 1.54. The summed E-state index contributed by atoms with van der Waals surface area (Å²) in [6.45, 7) is 5.11. The molecule has 2 fully saturated rings. The highest BCUT2D eigenvalue weighted by Crippen LogP contribution is 2.28. The number of hydrogen-bond acceptors (Lipinski definition) is 8. The highest BCUT2D eigenvalue weighted by atomic mass is 35.5. The van der Waals surface area contributed by atoms with E-state index in [1.54, 1.807) is 34.1 Å². The Morgan fingerprint density at radius 2 is 2.00 bits per heavy atom. The SMILES string of the molecule is CCc1nnsc1C(=O)N1CCO[C@](COc2cccc(Cl)c2)(CC(=O)N2CCOCC2)C1. The third kappa shape index (κ3) is 5.81. The largest absolute Gasteiger partial charge is 0.490 e.